The number of fused-ring (bicyclic) bond motifs is 1. The van der Waals surface area contributed by atoms with Gasteiger partial charge in [0.1, 0.15) is 11.5 Å². The summed E-state index contributed by atoms with van der Waals surface area (Å²) in [5.74, 6) is -2.97. The van der Waals surface area contributed by atoms with E-state index in [-0.39, 0.29) is 17.7 Å². The van der Waals surface area contributed by atoms with Crippen LogP contribution in [0.15, 0.2) is 35.5 Å². The van der Waals surface area contributed by atoms with Crippen LogP contribution in [0.3, 0.4) is 0 Å². The van der Waals surface area contributed by atoms with Gasteiger partial charge in [0, 0.05) is 23.4 Å². The average Bonchev–Trinajstić information content (AvgIpc) is 2.90. The van der Waals surface area contributed by atoms with E-state index in [1.165, 1.54) is 24.5 Å². The van der Waals surface area contributed by atoms with Crippen molar-refractivity contribution in [1.29, 1.82) is 0 Å². The van der Waals surface area contributed by atoms with Gasteiger partial charge in [0.2, 0.25) is 9.84 Å². The number of halogens is 3. The third-order valence-corrected chi connectivity index (χ3v) is 5.37. The Labute approximate surface area is 141 Å². The summed E-state index contributed by atoms with van der Waals surface area (Å²) in [6.45, 7) is 0. The molecule has 9 heteroatoms. The van der Waals surface area contributed by atoms with Gasteiger partial charge in [-0.3, -0.25) is 4.98 Å². The predicted molar refractivity (Wildman–Crippen MR) is 82.2 cm³/mol. The Kier molecular flexibility index (Phi) is 4.46. The van der Waals surface area contributed by atoms with E-state index < -0.39 is 26.6 Å². The Morgan fingerprint density at radius 2 is 2.08 bits per heavy atom. The van der Waals surface area contributed by atoms with Gasteiger partial charge in [-0.1, -0.05) is 11.6 Å². The molecule has 0 bridgehead atoms. The zero-order valence-corrected chi connectivity index (χ0v) is 13.7. The maximum Gasteiger partial charge on any atom is 0.341 e. The van der Waals surface area contributed by atoms with Crippen LogP contribution in [0.2, 0.25) is 5.02 Å². The SMILES string of the molecule is O=S(=O)(c1ccc(Oc2cncc(Cl)c2)c2c1[C@H](O)CC2)C(F)F. The molecule has 0 saturated carbocycles. The van der Waals surface area contributed by atoms with Crippen LogP contribution in [0.25, 0.3) is 0 Å². The van der Waals surface area contributed by atoms with E-state index in [1.54, 1.807) is 0 Å². The molecule has 0 fully saturated rings. The standard InChI is InChI=1S/C15H12ClF2NO4S/c16-8-5-9(7-19-6-8)23-12-3-4-13(24(21,22)15(17)18)14-10(12)1-2-11(14)20/h3-7,11,15,20H,1-2H2/t11-/m1/s1. The van der Waals surface area contributed by atoms with Crippen molar-refractivity contribution >= 4 is 21.4 Å². The summed E-state index contributed by atoms with van der Waals surface area (Å²) in [5.41, 5.74) is 0.368. The van der Waals surface area contributed by atoms with Crippen molar-refractivity contribution in [2.24, 2.45) is 0 Å². The number of aromatic nitrogens is 1. The third kappa shape index (κ3) is 2.97. The van der Waals surface area contributed by atoms with Crippen molar-refractivity contribution in [1.82, 2.24) is 4.98 Å². The monoisotopic (exact) mass is 375 g/mol. The lowest BCUT2D eigenvalue weighted by molar-refractivity contribution is 0.176. The van der Waals surface area contributed by atoms with E-state index in [4.69, 9.17) is 16.3 Å². The second kappa shape index (κ2) is 6.27. The maximum atomic E-state index is 12.9. The number of alkyl halides is 2. The minimum absolute atomic E-state index is 0.0252. The minimum atomic E-state index is -4.81. The van der Waals surface area contributed by atoms with E-state index >= 15 is 0 Å². The largest absolute Gasteiger partial charge is 0.455 e. The molecule has 1 N–H and O–H groups in total. The Balaban J connectivity index is 2.09. The van der Waals surface area contributed by atoms with E-state index in [2.05, 4.69) is 4.98 Å². The third-order valence-electron chi connectivity index (χ3n) is 3.72. The first-order chi connectivity index (χ1) is 11.3. The molecule has 1 aliphatic carbocycles. The molecule has 0 amide bonds. The number of ether oxygens (including phenoxy) is 1. The van der Waals surface area contributed by atoms with Gasteiger partial charge in [-0.05, 0) is 25.0 Å². The van der Waals surface area contributed by atoms with Gasteiger partial charge in [0.05, 0.1) is 22.2 Å². The molecule has 0 aliphatic heterocycles. The van der Waals surface area contributed by atoms with Crippen molar-refractivity contribution in [2.45, 2.75) is 29.6 Å². The lowest BCUT2D eigenvalue weighted by Crippen LogP contribution is -2.15. The van der Waals surface area contributed by atoms with Crippen LogP contribution in [0.1, 0.15) is 23.7 Å². The second-order valence-electron chi connectivity index (χ2n) is 5.26. The number of hydrogen-bond donors (Lipinski definition) is 1. The van der Waals surface area contributed by atoms with Crippen molar-refractivity contribution in [3.63, 3.8) is 0 Å². The van der Waals surface area contributed by atoms with Gasteiger partial charge >= 0.3 is 5.76 Å². The molecular formula is C15H12ClF2NO4S. The van der Waals surface area contributed by atoms with E-state index in [0.717, 1.165) is 6.07 Å². The summed E-state index contributed by atoms with van der Waals surface area (Å²) in [5, 5.41) is 10.4. The molecule has 1 heterocycles. The second-order valence-corrected chi connectivity index (χ2v) is 7.58. The fraction of sp³-hybridized carbons (Fsp3) is 0.267. The Morgan fingerprint density at radius 1 is 1.33 bits per heavy atom. The van der Waals surface area contributed by atoms with Gasteiger partial charge in [-0.2, -0.15) is 8.78 Å². The molecule has 3 rings (SSSR count). The first kappa shape index (κ1) is 17.1. The highest BCUT2D eigenvalue weighted by molar-refractivity contribution is 7.91. The maximum absolute atomic E-state index is 12.9. The normalized spacial score (nSPS) is 17.1. The molecule has 1 aliphatic rings. The summed E-state index contributed by atoms with van der Waals surface area (Å²) < 4.78 is 55.0. The highest BCUT2D eigenvalue weighted by Gasteiger charge is 2.36. The molecule has 0 radical (unpaired) electrons. The highest BCUT2D eigenvalue weighted by atomic mass is 35.5. The van der Waals surface area contributed by atoms with E-state index in [1.807, 2.05) is 0 Å². The van der Waals surface area contributed by atoms with Gasteiger partial charge < -0.3 is 9.84 Å². The zero-order chi connectivity index (χ0) is 17.5. The van der Waals surface area contributed by atoms with Gasteiger partial charge in [0.25, 0.3) is 0 Å². The molecule has 128 valence electrons. The lowest BCUT2D eigenvalue weighted by Gasteiger charge is -2.15. The van der Waals surface area contributed by atoms with Crippen LogP contribution in [0.5, 0.6) is 11.5 Å². The fourth-order valence-corrected chi connectivity index (χ4v) is 3.87. The van der Waals surface area contributed by atoms with Crippen LogP contribution in [-0.2, 0) is 16.3 Å². The minimum Gasteiger partial charge on any atom is -0.455 e. The highest BCUT2D eigenvalue weighted by Crippen LogP contribution is 2.43. The van der Waals surface area contributed by atoms with Crippen LogP contribution in [0.4, 0.5) is 8.78 Å². The number of aliphatic hydroxyl groups excluding tert-OH is 1. The predicted octanol–water partition coefficient (Wildman–Crippen LogP) is 3.50. The fourth-order valence-electron chi connectivity index (χ4n) is 2.69. The summed E-state index contributed by atoms with van der Waals surface area (Å²) in [4.78, 5) is 3.31. The molecule has 1 atom stereocenters. The summed E-state index contributed by atoms with van der Waals surface area (Å²) in [6, 6.07) is 3.84. The number of hydrogen-bond acceptors (Lipinski definition) is 5. The number of pyridine rings is 1. The zero-order valence-electron chi connectivity index (χ0n) is 12.1. The Morgan fingerprint density at radius 3 is 2.75 bits per heavy atom. The van der Waals surface area contributed by atoms with Crippen molar-refractivity contribution in [3.8, 4) is 11.5 Å². The lowest BCUT2D eigenvalue weighted by atomic mass is 10.1. The molecular weight excluding hydrogens is 364 g/mol. The van der Waals surface area contributed by atoms with Crippen LogP contribution >= 0.6 is 11.6 Å². The quantitative estimate of drug-likeness (QED) is 0.885. The van der Waals surface area contributed by atoms with Crippen LogP contribution in [0, 0.1) is 0 Å². The Hall–Kier alpha value is -1.77. The average molecular weight is 376 g/mol. The summed E-state index contributed by atoms with van der Waals surface area (Å²) in [6.07, 6.45) is 2.24. The van der Waals surface area contributed by atoms with Crippen LogP contribution < -0.4 is 4.74 Å². The van der Waals surface area contributed by atoms with Crippen LogP contribution in [-0.4, -0.2) is 24.3 Å². The molecule has 1 aromatic heterocycles. The smallest absolute Gasteiger partial charge is 0.341 e. The van der Waals surface area contributed by atoms with E-state index in [9.17, 15) is 22.3 Å². The first-order valence-corrected chi connectivity index (χ1v) is 8.87. The summed E-state index contributed by atoms with van der Waals surface area (Å²) >= 11 is 5.83. The molecule has 2 aromatic rings. The molecule has 24 heavy (non-hydrogen) atoms. The van der Waals surface area contributed by atoms with Gasteiger partial charge in [0.15, 0.2) is 0 Å². The number of benzene rings is 1. The molecule has 0 saturated heterocycles. The number of rotatable bonds is 4. The van der Waals surface area contributed by atoms with Crippen molar-refractivity contribution in [3.05, 3.63) is 46.7 Å². The van der Waals surface area contributed by atoms with Crippen molar-refractivity contribution in [2.75, 3.05) is 0 Å². The number of sulfone groups is 1. The van der Waals surface area contributed by atoms with Crippen molar-refractivity contribution < 1.29 is 27.0 Å². The number of aliphatic hydroxyl groups is 1. The molecule has 0 spiro atoms. The Bertz CT molecular complexity index is 889. The van der Waals surface area contributed by atoms with E-state index in [0.29, 0.717) is 22.8 Å². The molecule has 0 unspecified atom stereocenters. The molecule has 5 nitrogen and oxygen atoms in total. The number of nitrogens with zero attached hydrogens (tertiary/aromatic N) is 1. The topological polar surface area (TPSA) is 76.5 Å². The van der Waals surface area contributed by atoms with Gasteiger partial charge in [-0.25, -0.2) is 8.42 Å². The van der Waals surface area contributed by atoms with Gasteiger partial charge in [-0.15, -0.1) is 0 Å². The molecule has 1 aromatic carbocycles. The summed E-state index contributed by atoms with van der Waals surface area (Å²) in [7, 11) is -4.81. The first-order valence-electron chi connectivity index (χ1n) is 6.95.